The van der Waals surface area contributed by atoms with Crippen molar-refractivity contribution in [2.45, 2.75) is 32.1 Å². The SMILES string of the molecule is COC(O)c1cc(Br)ccc1OCCCCCn1cnnc1-c1cccc(NC=O)n1. The predicted molar refractivity (Wildman–Crippen MR) is 118 cm³/mol. The Hall–Kier alpha value is -2.82. The lowest BCUT2D eigenvalue weighted by atomic mass is 10.2. The van der Waals surface area contributed by atoms with Crippen molar-refractivity contribution in [2.24, 2.45) is 0 Å². The molecule has 1 amide bonds. The van der Waals surface area contributed by atoms with Gasteiger partial charge in [-0.3, -0.25) is 4.79 Å². The summed E-state index contributed by atoms with van der Waals surface area (Å²) < 4.78 is 13.6. The molecule has 0 fully saturated rings. The highest BCUT2D eigenvalue weighted by molar-refractivity contribution is 9.10. The Morgan fingerprint density at radius 2 is 2.13 bits per heavy atom. The van der Waals surface area contributed by atoms with E-state index in [0.29, 0.717) is 41.7 Å². The fourth-order valence-electron chi connectivity index (χ4n) is 3.03. The van der Waals surface area contributed by atoms with Gasteiger partial charge in [0, 0.05) is 18.1 Å². The minimum Gasteiger partial charge on any atom is -0.493 e. The first-order valence-electron chi connectivity index (χ1n) is 9.81. The normalized spacial score (nSPS) is 11.8. The third kappa shape index (κ3) is 6.33. The number of benzene rings is 1. The number of pyridine rings is 1. The predicted octanol–water partition coefficient (Wildman–Crippen LogP) is 3.56. The van der Waals surface area contributed by atoms with Gasteiger partial charge >= 0.3 is 0 Å². The zero-order chi connectivity index (χ0) is 22.1. The third-order valence-corrected chi connectivity index (χ3v) is 5.06. The van der Waals surface area contributed by atoms with E-state index < -0.39 is 6.29 Å². The van der Waals surface area contributed by atoms with Crippen LogP contribution in [0.5, 0.6) is 5.75 Å². The maximum Gasteiger partial charge on any atom is 0.212 e. The van der Waals surface area contributed by atoms with Gasteiger partial charge in [0.1, 0.15) is 23.6 Å². The number of unbranched alkanes of at least 4 members (excludes halogenated alkanes) is 2. The van der Waals surface area contributed by atoms with Crippen LogP contribution >= 0.6 is 15.9 Å². The molecular formula is C21H24BrN5O4. The molecule has 0 radical (unpaired) electrons. The Balaban J connectivity index is 1.48. The minimum absolute atomic E-state index is 0.463. The fourth-order valence-corrected chi connectivity index (χ4v) is 3.41. The minimum atomic E-state index is -1.03. The van der Waals surface area contributed by atoms with Gasteiger partial charge in [0.15, 0.2) is 12.1 Å². The fraction of sp³-hybridized carbons (Fsp3) is 0.333. The molecule has 0 aliphatic rings. The van der Waals surface area contributed by atoms with Crippen molar-refractivity contribution in [1.82, 2.24) is 19.7 Å². The second-order valence-electron chi connectivity index (χ2n) is 6.70. The molecule has 1 aromatic carbocycles. The first kappa shape index (κ1) is 22.9. The topological polar surface area (TPSA) is 111 Å². The summed E-state index contributed by atoms with van der Waals surface area (Å²) in [4.78, 5) is 15.0. The number of carbonyl (C=O) groups is 1. The van der Waals surface area contributed by atoms with Crippen LogP contribution in [-0.2, 0) is 16.1 Å². The van der Waals surface area contributed by atoms with Crippen LogP contribution in [0.15, 0.2) is 47.2 Å². The van der Waals surface area contributed by atoms with E-state index in [1.165, 1.54) is 7.11 Å². The molecule has 2 aromatic heterocycles. The van der Waals surface area contributed by atoms with Gasteiger partial charge in [-0.1, -0.05) is 22.0 Å². The molecule has 1 unspecified atom stereocenters. The lowest BCUT2D eigenvalue weighted by Crippen LogP contribution is -2.06. The van der Waals surface area contributed by atoms with Gasteiger partial charge in [-0.15, -0.1) is 10.2 Å². The summed E-state index contributed by atoms with van der Waals surface area (Å²) in [5.41, 5.74) is 1.23. The molecule has 0 spiro atoms. The molecule has 2 heterocycles. The molecule has 0 saturated heterocycles. The monoisotopic (exact) mass is 489 g/mol. The standard InChI is InChI=1S/C21H24BrN5O4/c1-30-21(29)16-12-15(22)8-9-18(16)31-11-4-2-3-10-27-13-24-26-20(27)17-6-5-7-19(25-17)23-14-28/h5-9,12-14,21,29H,2-4,10-11H2,1H3,(H,23,25,28). The Morgan fingerprint density at radius 3 is 2.94 bits per heavy atom. The number of nitrogens with one attached hydrogen (secondary N) is 1. The van der Waals surface area contributed by atoms with E-state index in [0.717, 1.165) is 30.3 Å². The first-order chi connectivity index (χ1) is 15.1. The molecule has 0 saturated carbocycles. The Bertz CT molecular complexity index is 997. The van der Waals surface area contributed by atoms with Crippen molar-refractivity contribution in [1.29, 1.82) is 0 Å². The van der Waals surface area contributed by atoms with Crippen LogP contribution < -0.4 is 10.1 Å². The number of hydrogen-bond donors (Lipinski definition) is 2. The summed E-state index contributed by atoms with van der Waals surface area (Å²) in [6, 6.07) is 10.8. The lowest BCUT2D eigenvalue weighted by molar-refractivity contribution is -0.105. The third-order valence-electron chi connectivity index (χ3n) is 4.56. The quantitative estimate of drug-likeness (QED) is 0.227. The van der Waals surface area contributed by atoms with Gasteiger partial charge in [0.25, 0.3) is 0 Å². The summed E-state index contributed by atoms with van der Waals surface area (Å²) in [5, 5.41) is 20.7. The van der Waals surface area contributed by atoms with Crippen molar-refractivity contribution >= 4 is 28.2 Å². The largest absolute Gasteiger partial charge is 0.493 e. The number of ether oxygens (including phenoxy) is 2. The number of aromatic nitrogens is 4. The maximum atomic E-state index is 10.6. The van der Waals surface area contributed by atoms with E-state index in [4.69, 9.17) is 9.47 Å². The van der Waals surface area contributed by atoms with E-state index in [1.54, 1.807) is 24.5 Å². The molecular weight excluding hydrogens is 466 g/mol. The number of nitrogens with zero attached hydrogens (tertiary/aromatic N) is 4. The van der Waals surface area contributed by atoms with Crippen LogP contribution in [0.4, 0.5) is 5.82 Å². The summed E-state index contributed by atoms with van der Waals surface area (Å²) in [6.45, 7) is 1.27. The summed E-state index contributed by atoms with van der Waals surface area (Å²) in [6.07, 6.45) is 3.94. The molecule has 31 heavy (non-hydrogen) atoms. The molecule has 3 aromatic rings. The van der Waals surface area contributed by atoms with Crippen molar-refractivity contribution in [2.75, 3.05) is 19.0 Å². The highest BCUT2D eigenvalue weighted by Crippen LogP contribution is 2.29. The van der Waals surface area contributed by atoms with Crippen molar-refractivity contribution < 1.29 is 19.4 Å². The highest BCUT2D eigenvalue weighted by Gasteiger charge is 2.13. The first-order valence-corrected chi connectivity index (χ1v) is 10.6. The molecule has 0 aliphatic heterocycles. The van der Waals surface area contributed by atoms with E-state index in [2.05, 4.69) is 36.4 Å². The Kier molecular flexibility index (Phi) is 8.51. The average molecular weight is 490 g/mol. The molecule has 9 nitrogen and oxygen atoms in total. The molecule has 2 N–H and O–H groups in total. The second kappa shape index (κ2) is 11.5. The zero-order valence-electron chi connectivity index (χ0n) is 17.1. The van der Waals surface area contributed by atoms with Gasteiger partial charge in [0.2, 0.25) is 6.41 Å². The van der Waals surface area contributed by atoms with Crippen molar-refractivity contribution in [3.8, 4) is 17.3 Å². The van der Waals surface area contributed by atoms with Gasteiger partial charge < -0.3 is 24.5 Å². The van der Waals surface area contributed by atoms with Crippen LogP contribution in [-0.4, -0.2) is 45.0 Å². The zero-order valence-corrected chi connectivity index (χ0v) is 18.7. The molecule has 164 valence electrons. The summed E-state index contributed by atoms with van der Waals surface area (Å²) in [7, 11) is 1.44. The number of methoxy groups -OCH3 is 1. The van der Waals surface area contributed by atoms with Gasteiger partial charge in [0.05, 0.1) is 12.2 Å². The number of hydrogen-bond acceptors (Lipinski definition) is 7. The number of amides is 1. The Labute approximate surface area is 188 Å². The molecule has 3 rings (SSSR count). The molecule has 10 heteroatoms. The van der Waals surface area contributed by atoms with Crippen LogP contribution in [0, 0.1) is 0 Å². The summed E-state index contributed by atoms with van der Waals surface area (Å²) >= 11 is 3.39. The number of aliphatic hydroxyl groups is 1. The number of halogens is 1. The van der Waals surface area contributed by atoms with Gasteiger partial charge in [-0.25, -0.2) is 4.98 Å². The maximum absolute atomic E-state index is 10.6. The van der Waals surface area contributed by atoms with E-state index in [-0.39, 0.29) is 0 Å². The number of anilines is 1. The number of rotatable bonds is 12. The van der Waals surface area contributed by atoms with Crippen LogP contribution in [0.25, 0.3) is 11.5 Å². The molecule has 1 atom stereocenters. The highest BCUT2D eigenvalue weighted by atomic mass is 79.9. The van der Waals surface area contributed by atoms with E-state index in [1.807, 2.05) is 22.8 Å². The van der Waals surface area contributed by atoms with Crippen LogP contribution in [0.1, 0.15) is 31.1 Å². The van der Waals surface area contributed by atoms with E-state index >= 15 is 0 Å². The smallest absolute Gasteiger partial charge is 0.212 e. The number of aliphatic hydroxyl groups excluding tert-OH is 1. The Morgan fingerprint density at radius 1 is 1.26 bits per heavy atom. The second-order valence-corrected chi connectivity index (χ2v) is 7.61. The van der Waals surface area contributed by atoms with Gasteiger partial charge in [-0.05, 0) is 49.6 Å². The molecule has 0 bridgehead atoms. The van der Waals surface area contributed by atoms with Crippen molar-refractivity contribution in [3.63, 3.8) is 0 Å². The van der Waals surface area contributed by atoms with E-state index in [9.17, 15) is 9.90 Å². The average Bonchev–Trinajstić information content (AvgIpc) is 3.25. The lowest BCUT2D eigenvalue weighted by Gasteiger charge is -2.15. The van der Waals surface area contributed by atoms with Gasteiger partial charge in [-0.2, -0.15) is 0 Å². The molecule has 0 aliphatic carbocycles. The summed E-state index contributed by atoms with van der Waals surface area (Å²) in [5.74, 6) is 1.72. The number of carbonyl (C=O) groups excluding carboxylic acids is 1. The number of aryl methyl sites for hydroxylation is 1. The van der Waals surface area contributed by atoms with Crippen LogP contribution in [0.3, 0.4) is 0 Å². The van der Waals surface area contributed by atoms with Crippen molar-refractivity contribution in [3.05, 3.63) is 52.8 Å². The van der Waals surface area contributed by atoms with Crippen LogP contribution in [0.2, 0.25) is 0 Å².